The third-order valence-electron chi connectivity index (χ3n) is 5.66. The Kier molecular flexibility index (Phi) is 6.93. The van der Waals surface area contributed by atoms with Crippen molar-refractivity contribution < 1.29 is 19.1 Å². The number of aromatic nitrogens is 2. The van der Waals surface area contributed by atoms with E-state index in [1.807, 2.05) is 31.2 Å². The molecule has 1 unspecified atom stereocenters. The van der Waals surface area contributed by atoms with Gasteiger partial charge < -0.3 is 25.0 Å². The topological polar surface area (TPSA) is 109 Å². The van der Waals surface area contributed by atoms with Crippen LogP contribution in [0.4, 0.5) is 21.1 Å². The highest BCUT2D eigenvalue weighted by atomic mass is 16.6. The van der Waals surface area contributed by atoms with Gasteiger partial charge in [-0.05, 0) is 45.0 Å². The fraction of sp³-hybridized carbons (Fsp3) is 0.478. The van der Waals surface area contributed by atoms with E-state index < -0.39 is 0 Å². The molecule has 176 valence electrons. The third kappa shape index (κ3) is 5.00. The number of hydrogen-bond donors (Lipinski definition) is 2. The van der Waals surface area contributed by atoms with Crippen LogP contribution in [-0.4, -0.2) is 65.9 Å². The fourth-order valence-corrected chi connectivity index (χ4v) is 4.03. The molecule has 10 nitrogen and oxygen atoms in total. The maximum Gasteiger partial charge on any atom is 0.410 e. The smallest absolute Gasteiger partial charge is 0.410 e. The standard InChI is InChI=1S/C23H30N6O4/c1-4-24-22(30)25-17-8-6-16(7-9-17)20-26-19-13-28(23(31)33-5-2)12-18(19)21(27-20)29-10-11-32-14-15(29)3/h6-9,15H,4-5,10-14H2,1-3H3,(H2,24,25,30). The molecule has 4 rings (SSSR count). The molecule has 1 saturated heterocycles. The Morgan fingerprint density at radius 3 is 2.67 bits per heavy atom. The van der Waals surface area contributed by atoms with Crippen LogP contribution in [0.15, 0.2) is 24.3 Å². The van der Waals surface area contributed by atoms with E-state index in [2.05, 4.69) is 22.5 Å². The second kappa shape index (κ2) is 10.0. The van der Waals surface area contributed by atoms with E-state index in [1.54, 1.807) is 11.8 Å². The average molecular weight is 455 g/mol. The second-order valence-corrected chi connectivity index (χ2v) is 8.03. The minimum atomic E-state index is -0.348. The van der Waals surface area contributed by atoms with Crippen LogP contribution in [0.25, 0.3) is 11.4 Å². The lowest BCUT2D eigenvalue weighted by Gasteiger charge is -2.35. The molecule has 0 aliphatic carbocycles. The van der Waals surface area contributed by atoms with Gasteiger partial charge in [-0.15, -0.1) is 0 Å². The molecule has 33 heavy (non-hydrogen) atoms. The van der Waals surface area contributed by atoms with Gasteiger partial charge in [0, 0.05) is 29.9 Å². The van der Waals surface area contributed by atoms with Crippen molar-refractivity contribution in [3.63, 3.8) is 0 Å². The summed E-state index contributed by atoms with van der Waals surface area (Å²) >= 11 is 0. The summed E-state index contributed by atoms with van der Waals surface area (Å²) in [5, 5.41) is 5.50. The van der Waals surface area contributed by atoms with Gasteiger partial charge in [0.2, 0.25) is 0 Å². The first-order valence-corrected chi connectivity index (χ1v) is 11.3. The highest BCUT2D eigenvalue weighted by Gasteiger charge is 2.33. The average Bonchev–Trinajstić information content (AvgIpc) is 3.24. The molecule has 1 atom stereocenters. The van der Waals surface area contributed by atoms with Gasteiger partial charge in [0.15, 0.2) is 5.82 Å². The summed E-state index contributed by atoms with van der Waals surface area (Å²) in [7, 11) is 0. The monoisotopic (exact) mass is 454 g/mol. The quantitative estimate of drug-likeness (QED) is 0.715. The zero-order chi connectivity index (χ0) is 23.4. The van der Waals surface area contributed by atoms with Crippen molar-refractivity contribution in [2.75, 3.05) is 43.1 Å². The Hall–Kier alpha value is -3.40. The Balaban J connectivity index is 1.66. The first kappa shape index (κ1) is 22.8. The number of fused-ring (bicyclic) bond motifs is 1. The van der Waals surface area contributed by atoms with Gasteiger partial charge in [0.1, 0.15) is 5.82 Å². The largest absolute Gasteiger partial charge is 0.450 e. The Labute approximate surface area is 193 Å². The van der Waals surface area contributed by atoms with Crippen LogP contribution in [-0.2, 0) is 22.6 Å². The molecule has 2 aliphatic rings. The van der Waals surface area contributed by atoms with E-state index in [-0.39, 0.29) is 18.2 Å². The lowest BCUT2D eigenvalue weighted by atomic mass is 10.1. The van der Waals surface area contributed by atoms with Gasteiger partial charge in [0.25, 0.3) is 0 Å². The van der Waals surface area contributed by atoms with Crippen molar-refractivity contribution in [2.45, 2.75) is 39.9 Å². The van der Waals surface area contributed by atoms with Crippen LogP contribution in [0.1, 0.15) is 32.0 Å². The van der Waals surface area contributed by atoms with Crippen molar-refractivity contribution in [1.82, 2.24) is 20.2 Å². The summed E-state index contributed by atoms with van der Waals surface area (Å²) < 4.78 is 10.8. The van der Waals surface area contributed by atoms with Gasteiger partial charge in [-0.1, -0.05) is 0 Å². The second-order valence-electron chi connectivity index (χ2n) is 8.03. The van der Waals surface area contributed by atoms with Gasteiger partial charge >= 0.3 is 12.1 Å². The van der Waals surface area contributed by atoms with Gasteiger partial charge in [-0.3, -0.25) is 4.90 Å². The number of carbonyl (C=O) groups is 2. The Bertz CT molecular complexity index is 1010. The number of anilines is 2. The normalized spacial score (nSPS) is 17.5. The first-order valence-electron chi connectivity index (χ1n) is 11.3. The SMILES string of the molecule is CCNC(=O)Nc1ccc(-c2nc3c(c(N4CCOCC4C)n2)CN(C(=O)OCC)C3)cc1. The number of hydrogen-bond acceptors (Lipinski definition) is 7. The molecule has 10 heteroatoms. The zero-order valence-corrected chi connectivity index (χ0v) is 19.3. The van der Waals surface area contributed by atoms with Crippen LogP contribution in [0, 0.1) is 0 Å². The van der Waals surface area contributed by atoms with Crippen molar-refractivity contribution >= 4 is 23.6 Å². The van der Waals surface area contributed by atoms with Crippen LogP contribution in [0.5, 0.6) is 0 Å². The lowest BCUT2D eigenvalue weighted by molar-refractivity contribution is 0.0980. The summed E-state index contributed by atoms with van der Waals surface area (Å²) in [5.74, 6) is 1.42. The molecular weight excluding hydrogens is 424 g/mol. The Morgan fingerprint density at radius 1 is 1.18 bits per heavy atom. The minimum Gasteiger partial charge on any atom is -0.450 e. The molecule has 3 heterocycles. The van der Waals surface area contributed by atoms with Crippen LogP contribution in [0.2, 0.25) is 0 Å². The highest BCUT2D eigenvalue weighted by molar-refractivity contribution is 5.89. The Morgan fingerprint density at radius 2 is 1.97 bits per heavy atom. The number of nitrogens with zero attached hydrogens (tertiary/aromatic N) is 4. The van der Waals surface area contributed by atoms with E-state index in [4.69, 9.17) is 19.4 Å². The highest BCUT2D eigenvalue weighted by Crippen LogP contribution is 2.33. The molecule has 2 aromatic rings. The van der Waals surface area contributed by atoms with E-state index in [1.165, 1.54) is 0 Å². The van der Waals surface area contributed by atoms with Crippen molar-refractivity contribution in [2.24, 2.45) is 0 Å². The maximum absolute atomic E-state index is 12.4. The summed E-state index contributed by atoms with van der Waals surface area (Å²) in [5.41, 5.74) is 3.29. The predicted octanol–water partition coefficient (Wildman–Crippen LogP) is 2.98. The number of morpholine rings is 1. The van der Waals surface area contributed by atoms with Gasteiger partial charge in [-0.2, -0.15) is 0 Å². The maximum atomic E-state index is 12.4. The molecule has 1 aromatic heterocycles. The predicted molar refractivity (Wildman–Crippen MR) is 124 cm³/mol. The lowest BCUT2D eigenvalue weighted by Crippen LogP contribution is -2.44. The first-order chi connectivity index (χ1) is 16.0. The van der Waals surface area contributed by atoms with E-state index >= 15 is 0 Å². The van der Waals surface area contributed by atoms with Crippen LogP contribution in [0.3, 0.4) is 0 Å². The number of urea groups is 1. The molecule has 2 N–H and O–H groups in total. The molecular formula is C23H30N6O4. The number of benzene rings is 1. The molecule has 0 spiro atoms. The van der Waals surface area contributed by atoms with E-state index in [0.29, 0.717) is 51.0 Å². The van der Waals surface area contributed by atoms with Crippen LogP contribution < -0.4 is 15.5 Å². The third-order valence-corrected chi connectivity index (χ3v) is 5.66. The minimum absolute atomic E-state index is 0.158. The number of rotatable bonds is 5. The van der Waals surface area contributed by atoms with E-state index in [0.717, 1.165) is 29.2 Å². The van der Waals surface area contributed by atoms with Crippen molar-refractivity contribution in [1.29, 1.82) is 0 Å². The molecule has 0 saturated carbocycles. The van der Waals surface area contributed by atoms with Gasteiger partial charge in [0.05, 0.1) is 44.6 Å². The van der Waals surface area contributed by atoms with Crippen molar-refractivity contribution in [3.8, 4) is 11.4 Å². The number of carbonyl (C=O) groups excluding carboxylic acids is 2. The molecule has 0 radical (unpaired) electrons. The van der Waals surface area contributed by atoms with E-state index in [9.17, 15) is 9.59 Å². The number of nitrogens with one attached hydrogen (secondary N) is 2. The number of amides is 3. The summed E-state index contributed by atoms with van der Waals surface area (Å²) in [6, 6.07) is 7.32. The summed E-state index contributed by atoms with van der Waals surface area (Å²) in [4.78, 5) is 37.8. The zero-order valence-electron chi connectivity index (χ0n) is 19.3. The fourth-order valence-electron chi connectivity index (χ4n) is 4.03. The van der Waals surface area contributed by atoms with Crippen LogP contribution >= 0.6 is 0 Å². The molecule has 1 aromatic carbocycles. The number of ether oxygens (including phenoxy) is 2. The van der Waals surface area contributed by atoms with Gasteiger partial charge in [-0.25, -0.2) is 19.6 Å². The summed E-state index contributed by atoms with van der Waals surface area (Å²) in [6.45, 7) is 9.41. The van der Waals surface area contributed by atoms with Crippen molar-refractivity contribution in [3.05, 3.63) is 35.5 Å². The molecule has 1 fully saturated rings. The molecule has 2 aliphatic heterocycles. The molecule has 3 amide bonds. The molecule has 0 bridgehead atoms. The summed E-state index contributed by atoms with van der Waals surface area (Å²) in [6.07, 6.45) is -0.348.